The van der Waals surface area contributed by atoms with Crippen molar-refractivity contribution in [2.75, 3.05) is 14.1 Å². The molecule has 0 bridgehead atoms. The van der Waals surface area contributed by atoms with E-state index in [9.17, 15) is 4.79 Å². The summed E-state index contributed by atoms with van der Waals surface area (Å²) in [7, 11) is 3.00. The summed E-state index contributed by atoms with van der Waals surface area (Å²) in [6, 6.07) is 0. The first-order valence-corrected chi connectivity index (χ1v) is 3.76. The number of carbonyl (C=O) groups is 1. The van der Waals surface area contributed by atoms with Crippen molar-refractivity contribution in [1.29, 1.82) is 0 Å². The van der Waals surface area contributed by atoms with Crippen LogP contribution in [-0.4, -0.2) is 25.2 Å². The molecular weight excluding hydrogens is 192 g/mol. The van der Waals surface area contributed by atoms with E-state index in [1.807, 2.05) is 6.92 Å². The predicted octanol–water partition coefficient (Wildman–Crippen LogP) is 0.999. The molecule has 82 valence electrons. The molecule has 0 aliphatic carbocycles. The van der Waals surface area contributed by atoms with E-state index in [0.29, 0.717) is 12.0 Å². The third kappa shape index (κ3) is 18.4. The van der Waals surface area contributed by atoms with Crippen LogP contribution in [0.1, 0.15) is 20.3 Å². The topological polar surface area (TPSA) is 89.3 Å². The van der Waals surface area contributed by atoms with Crippen molar-refractivity contribution in [2.45, 2.75) is 20.3 Å². The third-order valence-corrected chi connectivity index (χ3v) is 1.00. The Morgan fingerprint density at radius 1 is 1.31 bits per heavy atom. The van der Waals surface area contributed by atoms with Gasteiger partial charge in [0.25, 0.3) is 0 Å². The Hall–Kier alpha value is -0.580. The normalized spacial score (nSPS) is 8.00. The lowest BCUT2D eigenvalue weighted by atomic mass is 10.2. The standard InChI is InChI=1S/C6H10O2.2CH5N.ClH/c1-3-5(4-2)6(7)8;2*1-2;/h3H,4H2,1-2H3,(H,7,8);2*2H2,1H3;1H. The van der Waals surface area contributed by atoms with Crippen molar-refractivity contribution in [3.05, 3.63) is 11.6 Å². The van der Waals surface area contributed by atoms with Crippen LogP contribution in [0.3, 0.4) is 0 Å². The fourth-order valence-electron chi connectivity index (χ4n) is 0.479. The molecule has 0 heterocycles. The maximum absolute atomic E-state index is 10.1. The van der Waals surface area contributed by atoms with Crippen LogP contribution in [0.5, 0.6) is 0 Å². The lowest BCUT2D eigenvalue weighted by Crippen LogP contribution is -1.97. The molecule has 0 unspecified atom stereocenters. The number of hydrogen-bond donors (Lipinski definition) is 3. The summed E-state index contributed by atoms with van der Waals surface area (Å²) >= 11 is 0. The Balaban J connectivity index is -0.0000000712. The van der Waals surface area contributed by atoms with Crippen molar-refractivity contribution < 1.29 is 9.90 Å². The minimum absolute atomic E-state index is 0. The SMILES string of the molecule is CC=C(CC)C(=O)O.CN.CN.Cl. The van der Waals surface area contributed by atoms with E-state index in [4.69, 9.17) is 5.11 Å². The number of aliphatic carboxylic acids is 1. The molecule has 13 heavy (non-hydrogen) atoms. The van der Waals surface area contributed by atoms with Crippen LogP contribution in [-0.2, 0) is 4.79 Å². The Kier molecular flexibility index (Phi) is 39.6. The van der Waals surface area contributed by atoms with Gasteiger partial charge in [0.1, 0.15) is 0 Å². The first-order valence-electron chi connectivity index (χ1n) is 3.76. The largest absolute Gasteiger partial charge is 0.478 e. The van der Waals surface area contributed by atoms with Gasteiger partial charge in [-0.3, -0.25) is 0 Å². The van der Waals surface area contributed by atoms with Crippen LogP contribution in [0.2, 0.25) is 0 Å². The molecule has 0 atom stereocenters. The van der Waals surface area contributed by atoms with Crippen LogP contribution in [0.15, 0.2) is 11.6 Å². The average molecular weight is 213 g/mol. The molecule has 0 aromatic rings. The number of nitrogens with two attached hydrogens (primary N) is 2. The minimum atomic E-state index is -0.810. The maximum Gasteiger partial charge on any atom is 0.331 e. The van der Waals surface area contributed by atoms with Gasteiger partial charge in [-0.05, 0) is 27.4 Å². The Bertz CT molecular complexity index is 127. The van der Waals surface area contributed by atoms with Crippen molar-refractivity contribution in [1.82, 2.24) is 0 Å². The summed E-state index contributed by atoms with van der Waals surface area (Å²) in [5.41, 5.74) is 9.48. The second kappa shape index (κ2) is 22.5. The van der Waals surface area contributed by atoms with Crippen LogP contribution >= 0.6 is 12.4 Å². The van der Waals surface area contributed by atoms with Gasteiger partial charge in [-0.2, -0.15) is 0 Å². The van der Waals surface area contributed by atoms with Gasteiger partial charge in [-0.1, -0.05) is 13.0 Å². The number of carboxylic acid groups (broad SMARTS) is 1. The third-order valence-electron chi connectivity index (χ3n) is 1.00. The van der Waals surface area contributed by atoms with E-state index in [2.05, 4.69) is 11.5 Å². The van der Waals surface area contributed by atoms with Crippen LogP contribution in [0.25, 0.3) is 0 Å². The van der Waals surface area contributed by atoms with E-state index in [1.54, 1.807) is 13.0 Å². The summed E-state index contributed by atoms with van der Waals surface area (Å²) in [5.74, 6) is -0.810. The summed E-state index contributed by atoms with van der Waals surface area (Å²) in [5, 5.41) is 8.30. The van der Waals surface area contributed by atoms with Gasteiger partial charge < -0.3 is 16.6 Å². The molecule has 0 fully saturated rings. The Labute approximate surface area is 86.4 Å². The molecule has 0 saturated heterocycles. The second-order valence-electron chi connectivity index (χ2n) is 1.47. The lowest BCUT2D eigenvalue weighted by molar-refractivity contribution is -0.132. The van der Waals surface area contributed by atoms with Crippen molar-refractivity contribution in [3.8, 4) is 0 Å². The van der Waals surface area contributed by atoms with Gasteiger partial charge in [0.15, 0.2) is 0 Å². The number of hydrogen-bond acceptors (Lipinski definition) is 3. The molecule has 0 aromatic carbocycles. The number of allylic oxidation sites excluding steroid dienone is 1. The molecule has 0 amide bonds. The maximum atomic E-state index is 10.1. The highest BCUT2D eigenvalue weighted by Crippen LogP contribution is 1.97. The Morgan fingerprint density at radius 2 is 1.62 bits per heavy atom. The van der Waals surface area contributed by atoms with Crippen molar-refractivity contribution in [2.24, 2.45) is 11.5 Å². The first-order chi connectivity index (χ1) is 5.72. The summed E-state index contributed by atoms with van der Waals surface area (Å²) < 4.78 is 0. The zero-order chi connectivity index (χ0) is 10.6. The van der Waals surface area contributed by atoms with Crippen LogP contribution in [0, 0.1) is 0 Å². The van der Waals surface area contributed by atoms with Gasteiger partial charge in [-0.25, -0.2) is 4.79 Å². The lowest BCUT2D eigenvalue weighted by Gasteiger charge is -1.91. The first kappa shape index (κ1) is 22.8. The monoisotopic (exact) mass is 212 g/mol. The molecule has 5 heteroatoms. The van der Waals surface area contributed by atoms with Crippen LogP contribution in [0.4, 0.5) is 0 Å². The van der Waals surface area contributed by atoms with E-state index in [1.165, 1.54) is 14.1 Å². The molecule has 0 aliphatic rings. The fourth-order valence-corrected chi connectivity index (χ4v) is 0.479. The van der Waals surface area contributed by atoms with Gasteiger partial charge in [-0.15, -0.1) is 12.4 Å². The zero-order valence-corrected chi connectivity index (χ0v) is 9.52. The molecule has 0 aromatic heterocycles. The number of carboxylic acids is 1. The highest BCUT2D eigenvalue weighted by atomic mass is 35.5. The van der Waals surface area contributed by atoms with E-state index >= 15 is 0 Å². The highest BCUT2D eigenvalue weighted by molar-refractivity contribution is 5.86. The minimum Gasteiger partial charge on any atom is -0.478 e. The molecule has 0 aliphatic heterocycles. The molecule has 0 radical (unpaired) electrons. The summed E-state index contributed by atoms with van der Waals surface area (Å²) in [4.78, 5) is 10.1. The molecule has 0 rings (SSSR count). The van der Waals surface area contributed by atoms with Crippen LogP contribution < -0.4 is 11.5 Å². The number of halogens is 1. The Morgan fingerprint density at radius 3 is 1.62 bits per heavy atom. The molecular formula is C8H21ClN2O2. The molecule has 5 N–H and O–H groups in total. The van der Waals surface area contributed by atoms with E-state index < -0.39 is 5.97 Å². The second-order valence-corrected chi connectivity index (χ2v) is 1.47. The quantitative estimate of drug-likeness (QED) is 0.596. The van der Waals surface area contributed by atoms with Gasteiger partial charge >= 0.3 is 5.97 Å². The zero-order valence-electron chi connectivity index (χ0n) is 8.70. The van der Waals surface area contributed by atoms with E-state index in [-0.39, 0.29) is 12.4 Å². The summed E-state index contributed by atoms with van der Waals surface area (Å²) in [6.45, 7) is 3.55. The molecule has 0 saturated carbocycles. The number of rotatable bonds is 2. The van der Waals surface area contributed by atoms with Gasteiger partial charge in [0.05, 0.1) is 0 Å². The fraction of sp³-hybridized carbons (Fsp3) is 0.625. The predicted molar refractivity (Wildman–Crippen MR) is 59.2 cm³/mol. The summed E-state index contributed by atoms with van der Waals surface area (Å²) in [6.07, 6.45) is 2.22. The van der Waals surface area contributed by atoms with E-state index in [0.717, 1.165) is 0 Å². The smallest absolute Gasteiger partial charge is 0.331 e. The molecule has 0 spiro atoms. The highest BCUT2D eigenvalue weighted by Gasteiger charge is 1.99. The average Bonchev–Trinajstić information content (AvgIpc) is 2.13. The van der Waals surface area contributed by atoms with Gasteiger partial charge in [0, 0.05) is 5.57 Å². The van der Waals surface area contributed by atoms with Crippen molar-refractivity contribution in [3.63, 3.8) is 0 Å². The molecule has 4 nitrogen and oxygen atoms in total. The van der Waals surface area contributed by atoms with Gasteiger partial charge in [0.2, 0.25) is 0 Å². The van der Waals surface area contributed by atoms with Crippen molar-refractivity contribution >= 4 is 18.4 Å².